The minimum Gasteiger partial charge on any atom is -0.444 e. The first-order valence-corrected chi connectivity index (χ1v) is 16.3. The van der Waals surface area contributed by atoms with Gasteiger partial charge in [0.1, 0.15) is 35.0 Å². The number of benzene rings is 2. The number of cyclic esters (lactones) is 2. The molecule has 2 atom stereocenters. The standard InChI is InChI=1S/C34H42F2N6O10/c1-33(2,3)51-29(45)39-15-27(43)37-13-21-17-41(31(47)49-21)19-7-9-23(25(35)11-19)24-10-8-20(12-26(24)36)42-18-22(50-32(42)48)14-38-28(44)16-40-30(46)52-34(4,5)6/h7-12,21-22H,13-18H2,1-6H3,(H,37,43)(H,38,44)(H,39,45)(H,40,46)/t21-,22-/m0/s1. The van der Waals surface area contributed by atoms with E-state index in [-0.39, 0.29) is 61.8 Å². The van der Waals surface area contributed by atoms with Crippen LogP contribution in [0.25, 0.3) is 11.1 Å². The van der Waals surface area contributed by atoms with E-state index in [1.54, 1.807) is 41.5 Å². The Hall–Kier alpha value is -5.68. The summed E-state index contributed by atoms with van der Waals surface area (Å²) in [6, 6.07) is 7.53. The summed E-state index contributed by atoms with van der Waals surface area (Å²) in [4.78, 5) is 75.1. The SMILES string of the molecule is CC(C)(C)OC(=O)NCC(=O)NC[C@H]1CN(c2ccc(-c3ccc(N4C[C@H](CNC(=O)CNC(=O)OC(C)(C)C)OC4=O)cc3F)c(F)c2)C(=O)O1. The molecule has 6 amide bonds. The van der Waals surface area contributed by atoms with Gasteiger partial charge in [0.2, 0.25) is 11.8 Å². The second-order valence-electron chi connectivity index (χ2n) is 13.9. The van der Waals surface area contributed by atoms with Gasteiger partial charge in [-0.15, -0.1) is 0 Å². The second kappa shape index (κ2) is 16.1. The zero-order chi connectivity index (χ0) is 38.4. The van der Waals surface area contributed by atoms with Crippen LogP contribution in [0.15, 0.2) is 36.4 Å². The Balaban J connectivity index is 1.28. The van der Waals surface area contributed by atoms with E-state index in [9.17, 15) is 28.8 Å². The van der Waals surface area contributed by atoms with E-state index in [1.807, 2.05) is 0 Å². The van der Waals surface area contributed by atoms with Crippen LogP contribution in [0.4, 0.5) is 39.3 Å². The van der Waals surface area contributed by atoms with Gasteiger partial charge in [-0.25, -0.2) is 28.0 Å². The van der Waals surface area contributed by atoms with Crippen molar-refractivity contribution in [2.45, 2.75) is 65.0 Å². The van der Waals surface area contributed by atoms with Gasteiger partial charge >= 0.3 is 24.4 Å². The molecule has 4 rings (SSSR count). The number of hydrogen-bond acceptors (Lipinski definition) is 10. The Bertz CT molecular complexity index is 1590. The number of ether oxygens (including phenoxy) is 4. The Kier molecular flexibility index (Phi) is 12.1. The molecule has 2 aromatic carbocycles. The average molecular weight is 733 g/mol. The predicted molar refractivity (Wildman–Crippen MR) is 182 cm³/mol. The van der Waals surface area contributed by atoms with Gasteiger partial charge in [-0.1, -0.05) is 0 Å². The maximum atomic E-state index is 15.3. The molecule has 2 aromatic rings. The highest BCUT2D eigenvalue weighted by Gasteiger charge is 2.35. The average Bonchev–Trinajstić information content (AvgIpc) is 3.60. The number of carbonyl (C=O) groups is 6. The Morgan fingerprint density at radius 2 is 1.04 bits per heavy atom. The van der Waals surface area contributed by atoms with Crippen molar-refractivity contribution in [2.75, 3.05) is 49.1 Å². The Labute approximate surface area is 298 Å². The molecule has 0 saturated carbocycles. The molecule has 16 nitrogen and oxygen atoms in total. The fraction of sp³-hybridized carbons (Fsp3) is 0.471. The molecule has 4 N–H and O–H groups in total. The molecule has 52 heavy (non-hydrogen) atoms. The number of nitrogens with one attached hydrogen (secondary N) is 4. The van der Waals surface area contributed by atoms with Gasteiger partial charge in [0.15, 0.2) is 0 Å². The van der Waals surface area contributed by atoms with Gasteiger partial charge < -0.3 is 40.2 Å². The first-order valence-electron chi connectivity index (χ1n) is 16.3. The van der Waals surface area contributed by atoms with E-state index in [0.717, 1.165) is 21.9 Å². The van der Waals surface area contributed by atoms with Crippen molar-refractivity contribution in [3.05, 3.63) is 48.0 Å². The minimum atomic E-state index is -0.834. The number of hydrogen-bond donors (Lipinski definition) is 4. The molecular weight excluding hydrogens is 690 g/mol. The highest BCUT2D eigenvalue weighted by molar-refractivity contribution is 5.92. The predicted octanol–water partition coefficient (Wildman–Crippen LogP) is 3.56. The van der Waals surface area contributed by atoms with Crippen LogP contribution in [0.5, 0.6) is 0 Å². The Morgan fingerprint density at radius 1 is 0.673 bits per heavy atom. The number of amides is 6. The molecule has 2 aliphatic rings. The molecular formula is C34H42F2N6O10. The fourth-order valence-electron chi connectivity index (χ4n) is 4.97. The monoisotopic (exact) mass is 732 g/mol. The number of carbonyl (C=O) groups excluding carboxylic acids is 6. The second-order valence-corrected chi connectivity index (χ2v) is 13.9. The zero-order valence-electron chi connectivity index (χ0n) is 29.6. The largest absolute Gasteiger partial charge is 0.444 e. The van der Waals surface area contributed by atoms with Crippen molar-refractivity contribution in [2.24, 2.45) is 0 Å². The van der Waals surface area contributed by atoms with Crippen LogP contribution in [-0.4, -0.2) is 98.9 Å². The van der Waals surface area contributed by atoms with Crippen molar-refractivity contribution < 1.29 is 56.5 Å². The van der Waals surface area contributed by atoms with E-state index in [1.165, 1.54) is 24.3 Å². The summed E-state index contributed by atoms with van der Waals surface area (Å²) >= 11 is 0. The van der Waals surface area contributed by atoms with Gasteiger partial charge in [-0.3, -0.25) is 19.4 Å². The third kappa shape index (κ3) is 11.2. The molecule has 2 heterocycles. The third-order valence-corrected chi connectivity index (χ3v) is 7.21. The topological polar surface area (TPSA) is 194 Å². The van der Waals surface area contributed by atoms with Gasteiger partial charge in [0, 0.05) is 11.1 Å². The smallest absolute Gasteiger partial charge is 0.414 e. The van der Waals surface area contributed by atoms with E-state index >= 15 is 8.78 Å². The van der Waals surface area contributed by atoms with Gasteiger partial charge in [-0.05, 0) is 77.9 Å². The van der Waals surface area contributed by atoms with E-state index < -0.39 is 71.2 Å². The first-order chi connectivity index (χ1) is 24.3. The van der Waals surface area contributed by atoms with Crippen LogP contribution < -0.4 is 31.1 Å². The lowest BCUT2D eigenvalue weighted by atomic mass is 10.0. The van der Waals surface area contributed by atoms with Gasteiger partial charge in [-0.2, -0.15) is 0 Å². The normalized spacial score (nSPS) is 17.2. The van der Waals surface area contributed by atoms with E-state index in [0.29, 0.717) is 0 Å². The number of rotatable bonds is 11. The van der Waals surface area contributed by atoms with Crippen LogP contribution in [-0.2, 0) is 28.5 Å². The fourth-order valence-corrected chi connectivity index (χ4v) is 4.97. The van der Waals surface area contributed by atoms with Crippen molar-refractivity contribution in [1.29, 1.82) is 0 Å². The summed E-state index contributed by atoms with van der Waals surface area (Å²) in [5, 5.41) is 9.72. The highest BCUT2D eigenvalue weighted by atomic mass is 19.1. The first kappa shape index (κ1) is 39.1. The molecule has 2 saturated heterocycles. The summed E-state index contributed by atoms with van der Waals surface area (Å²) in [5.74, 6) is -2.75. The van der Waals surface area contributed by atoms with Crippen molar-refractivity contribution in [3.63, 3.8) is 0 Å². The van der Waals surface area contributed by atoms with Crippen LogP contribution in [0.2, 0.25) is 0 Å². The van der Waals surface area contributed by atoms with Gasteiger partial charge in [0.05, 0.1) is 50.6 Å². The molecule has 2 fully saturated rings. The highest BCUT2D eigenvalue weighted by Crippen LogP contribution is 2.33. The summed E-state index contributed by atoms with van der Waals surface area (Å²) in [5.41, 5.74) is -1.39. The number of nitrogens with zero attached hydrogens (tertiary/aromatic N) is 2. The number of anilines is 2. The number of alkyl carbamates (subject to hydrolysis) is 2. The molecule has 0 radical (unpaired) electrons. The zero-order valence-corrected chi connectivity index (χ0v) is 29.6. The van der Waals surface area contributed by atoms with E-state index in [4.69, 9.17) is 18.9 Å². The van der Waals surface area contributed by atoms with Crippen LogP contribution in [0.1, 0.15) is 41.5 Å². The lowest BCUT2D eigenvalue weighted by Gasteiger charge is -2.19. The maximum Gasteiger partial charge on any atom is 0.414 e. The quantitative estimate of drug-likeness (QED) is 0.248. The summed E-state index contributed by atoms with van der Waals surface area (Å²) in [7, 11) is 0. The van der Waals surface area contributed by atoms with Crippen LogP contribution in [0.3, 0.4) is 0 Å². The molecule has 0 bridgehead atoms. The Morgan fingerprint density at radius 3 is 1.37 bits per heavy atom. The van der Waals surface area contributed by atoms with Crippen LogP contribution >= 0.6 is 0 Å². The molecule has 0 unspecified atom stereocenters. The third-order valence-electron chi connectivity index (χ3n) is 7.21. The molecule has 2 aliphatic heterocycles. The van der Waals surface area contributed by atoms with Crippen molar-refractivity contribution >= 4 is 47.6 Å². The van der Waals surface area contributed by atoms with Crippen molar-refractivity contribution in [3.8, 4) is 11.1 Å². The van der Waals surface area contributed by atoms with E-state index in [2.05, 4.69) is 21.3 Å². The maximum absolute atomic E-state index is 15.3. The van der Waals surface area contributed by atoms with Crippen molar-refractivity contribution in [1.82, 2.24) is 21.3 Å². The summed E-state index contributed by atoms with van der Waals surface area (Å²) < 4.78 is 51.4. The summed E-state index contributed by atoms with van der Waals surface area (Å²) in [6.45, 7) is 9.20. The van der Waals surface area contributed by atoms with Crippen LogP contribution in [0, 0.1) is 11.6 Å². The minimum absolute atomic E-state index is 0.0139. The van der Waals surface area contributed by atoms with Gasteiger partial charge in [0.25, 0.3) is 0 Å². The molecule has 0 aromatic heterocycles. The molecule has 282 valence electrons. The lowest BCUT2D eigenvalue weighted by molar-refractivity contribution is -0.121. The molecule has 0 aliphatic carbocycles. The molecule has 0 spiro atoms. The summed E-state index contributed by atoms with van der Waals surface area (Å²) in [6.07, 6.45) is -4.61. The lowest BCUT2D eigenvalue weighted by Crippen LogP contribution is -2.42. The molecule has 18 heteroatoms. The number of halogens is 2.